The molecule has 33 heavy (non-hydrogen) atoms. The average molecular weight is 442 g/mol. The van der Waals surface area contributed by atoms with Crippen molar-refractivity contribution in [3.05, 3.63) is 93.5 Å². The van der Waals surface area contributed by atoms with Gasteiger partial charge in [0.1, 0.15) is 11.8 Å². The summed E-state index contributed by atoms with van der Waals surface area (Å²) in [5.41, 5.74) is 2.40. The molecule has 4 rings (SSSR count). The Morgan fingerprint density at radius 1 is 1.06 bits per heavy atom. The number of nitrogens with one attached hydrogen (secondary N) is 1. The van der Waals surface area contributed by atoms with Gasteiger partial charge in [-0.25, -0.2) is 0 Å². The lowest BCUT2D eigenvalue weighted by Crippen LogP contribution is -2.36. The van der Waals surface area contributed by atoms with Gasteiger partial charge >= 0.3 is 0 Å². The molecule has 0 saturated carbocycles. The van der Waals surface area contributed by atoms with Crippen LogP contribution in [0.25, 0.3) is 0 Å². The van der Waals surface area contributed by atoms with E-state index in [4.69, 9.17) is 0 Å². The molecule has 0 atom stereocenters. The van der Waals surface area contributed by atoms with E-state index in [1.807, 2.05) is 0 Å². The average Bonchev–Trinajstić information content (AvgIpc) is 2.84. The predicted octanol–water partition coefficient (Wildman–Crippen LogP) is 4.40. The molecular weight excluding hydrogens is 420 g/mol. The highest BCUT2D eigenvalue weighted by atomic mass is 16.6. The maximum atomic E-state index is 12.7. The molecule has 3 aromatic carbocycles. The normalized spacial score (nSPS) is 13.9. The minimum absolute atomic E-state index is 0.221. The lowest BCUT2D eigenvalue weighted by molar-refractivity contribution is -0.383. The van der Waals surface area contributed by atoms with Crippen LogP contribution in [0.3, 0.4) is 0 Å². The molecule has 0 unspecified atom stereocenters. The quantitative estimate of drug-likeness (QED) is 0.330. The number of carbonyl (C=O) groups excluding carboxylic acids is 1. The van der Waals surface area contributed by atoms with Crippen molar-refractivity contribution in [2.45, 2.75) is 18.9 Å². The lowest BCUT2D eigenvalue weighted by atomic mass is 10.0. The molecule has 0 amide bonds. The van der Waals surface area contributed by atoms with E-state index in [2.05, 4.69) is 16.3 Å². The number of benzene rings is 3. The van der Waals surface area contributed by atoms with Crippen LogP contribution in [0.4, 0.5) is 22.7 Å². The van der Waals surface area contributed by atoms with E-state index < -0.39 is 4.92 Å². The van der Waals surface area contributed by atoms with E-state index in [-0.39, 0.29) is 28.8 Å². The number of carbonyl (C=O) groups is 1. The van der Waals surface area contributed by atoms with Crippen LogP contribution in [0, 0.1) is 21.4 Å². The highest BCUT2D eigenvalue weighted by Crippen LogP contribution is 2.32. The maximum Gasteiger partial charge on any atom is 0.293 e. The summed E-state index contributed by atoms with van der Waals surface area (Å²) in [6, 6.07) is 20.3. The third-order valence-corrected chi connectivity index (χ3v) is 5.69. The van der Waals surface area contributed by atoms with E-state index in [1.165, 1.54) is 12.1 Å². The number of aliphatic hydroxyl groups excluding tert-OH is 1. The van der Waals surface area contributed by atoms with Crippen LogP contribution in [0.1, 0.15) is 34.3 Å². The second-order valence-electron chi connectivity index (χ2n) is 7.87. The van der Waals surface area contributed by atoms with Crippen molar-refractivity contribution in [2.75, 3.05) is 23.3 Å². The Morgan fingerprint density at radius 3 is 2.45 bits per heavy atom. The van der Waals surface area contributed by atoms with E-state index in [0.29, 0.717) is 42.7 Å². The minimum Gasteiger partial charge on any atom is -0.393 e. The summed E-state index contributed by atoms with van der Waals surface area (Å²) >= 11 is 0. The van der Waals surface area contributed by atoms with Gasteiger partial charge in [-0.15, -0.1) is 0 Å². The van der Waals surface area contributed by atoms with Crippen LogP contribution in [0.2, 0.25) is 0 Å². The standard InChI is InChI=1S/C25H22N4O4/c26-16-19-14-20(7-9-23(19)28-12-10-21(30)11-13-28)27-22-8-6-18(15-24(22)29(32)33)25(31)17-4-2-1-3-5-17/h1-9,14-15,21,27,30H,10-13H2. The van der Waals surface area contributed by atoms with Gasteiger partial charge < -0.3 is 15.3 Å². The zero-order valence-corrected chi connectivity index (χ0v) is 17.8. The Bertz CT molecular complexity index is 1230. The molecule has 1 heterocycles. The lowest BCUT2D eigenvalue weighted by Gasteiger charge is -2.32. The van der Waals surface area contributed by atoms with Gasteiger partial charge in [0.2, 0.25) is 0 Å². The summed E-state index contributed by atoms with van der Waals surface area (Å²) in [5, 5.41) is 34.1. The van der Waals surface area contributed by atoms with Crippen molar-refractivity contribution < 1.29 is 14.8 Å². The van der Waals surface area contributed by atoms with Gasteiger partial charge in [-0.1, -0.05) is 30.3 Å². The van der Waals surface area contributed by atoms with Crippen molar-refractivity contribution in [1.82, 2.24) is 0 Å². The van der Waals surface area contributed by atoms with Gasteiger partial charge in [0.15, 0.2) is 5.78 Å². The molecule has 1 fully saturated rings. The number of nitro groups is 1. The minimum atomic E-state index is -0.539. The highest BCUT2D eigenvalue weighted by molar-refractivity contribution is 6.09. The molecule has 0 radical (unpaired) electrons. The zero-order chi connectivity index (χ0) is 23.4. The molecule has 0 aromatic heterocycles. The topological polar surface area (TPSA) is 120 Å². The summed E-state index contributed by atoms with van der Waals surface area (Å²) in [7, 11) is 0. The molecule has 1 aliphatic heterocycles. The first-order chi connectivity index (χ1) is 16.0. The van der Waals surface area contributed by atoms with E-state index in [0.717, 1.165) is 5.69 Å². The van der Waals surface area contributed by atoms with Gasteiger partial charge in [-0.05, 0) is 43.2 Å². The van der Waals surface area contributed by atoms with E-state index in [1.54, 1.807) is 54.6 Å². The number of hydrogen-bond donors (Lipinski definition) is 2. The van der Waals surface area contributed by atoms with Crippen molar-refractivity contribution in [2.24, 2.45) is 0 Å². The van der Waals surface area contributed by atoms with Crippen molar-refractivity contribution in [3.63, 3.8) is 0 Å². The van der Waals surface area contributed by atoms with Gasteiger partial charge in [-0.3, -0.25) is 14.9 Å². The smallest absolute Gasteiger partial charge is 0.293 e. The monoisotopic (exact) mass is 442 g/mol. The SMILES string of the molecule is N#Cc1cc(Nc2ccc(C(=O)c3ccccc3)cc2[N+](=O)[O-])ccc1N1CCC(O)CC1. The van der Waals surface area contributed by atoms with Gasteiger partial charge in [0.05, 0.1) is 22.3 Å². The Morgan fingerprint density at radius 2 is 1.79 bits per heavy atom. The number of hydrogen-bond acceptors (Lipinski definition) is 7. The largest absolute Gasteiger partial charge is 0.393 e. The molecular formula is C25H22N4O4. The molecule has 8 nitrogen and oxygen atoms in total. The Hall–Kier alpha value is -4.22. The summed E-state index contributed by atoms with van der Waals surface area (Å²) < 4.78 is 0. The molecule has 1 aliphatic rings. The number of piperidine rings is 1. The number of aliphatic hydroxyl groups is 1. The molecule has 0 aliphatic carbocycles. The van der Waals surface area contributed by atoms with Gasteiger partial charge in [0, 0.05) is 36.0 Å². The first-order valence-electron chi connectivity index (χ1n) is 10.6. The fourth-order valence-electron chi connectivity index (χ4n) is 3.93. The number of nitriles is 1. The van der Waals surface area contributed by atoms with Crippen LogP contribution in [-0.4, -0.2) is 35.0 Å². The molecule has 3 aromatic rings. The van der Waals surface area contributed by atoms with Gasteiger partial charge in [-0.2, -0.15) is 5.26 Å². The predicted molar refractivity (Wildman–Crippen MR) is 125 cm³/mol. The number of ketones is 1. The van der Waals surface area contributed by atoms with E-state index >= 15 is 0 Å². The van der Waals surface area contributed by atoms with Crippen LogP contribution < -0.4 is 10.2 Å². The second kappa shape index (κ2) is 9.51. The fourth-order valence-corrected chi connectivity index (χ4v) is 3.93. The molecule has 2 N–H and O–H groups in total. The number of nitrogens with zero attached hydrogens (tertiary/aromatic N) is 3. The van der Waals surface area contributed by atoms with E-state index in [9.17, 15) is 25.3 Å². The first-order valence-corrected chi connectivity index (χ1v) is 10.6. The molecule has 8 heteroatoms. The highest BCUT2D eigenvalue weighted by Gasteiger charge is 2.21. The molecule has 0 spiro atoms. The molecule has 166 valence electrons. The van der Waals surface area contributed by atoms with Gasteiger partial charge in [0.25, 0.3) is 5.69 Å². The first kappa shape index (κ1) is 22.0. The van der Waals surface area contributed by atoms with Crippen LogP contribution in [0.5, 0.6) is 0 Å². The maximum absolute atomic E-state index is 12.7. The third-order valence-electron chi connectivity index (χ3n) is 5.69. The number of rotatable bonds is 6. The summed E-state index contributed by atoms with van der Waals surface area (Å²) in [6.07, 6.45) is 0.973. The Kier molecular flexibility index (Phi) is 6.33. The summed E-state index contributed by atoms with van der Waals surface area (Å²) in [6.45, 7) is 1.32. The Balaban J connectivity index is 1.60. The second-order valence-corrected chi connectivity index (χ2v) is 7.87. The van der Waals surface area contributed by atoms with Crippen molar-refractivity contribution >= 4 is 28.5 Å². The van der Waals surface area contributed by atoms with Crippen molar-refractivity contribution in [3.8, 4) is 6.07 Å². The summed E-state index contributed by atoms with van der Waals surface area (Å²) in [5.74, 6) is -0.298. The van der Waals surface area contributed by atoms with Crippen LogP contribution in [-0.2, 0) is 0 Å². The molecule has 1 saturated heterocycles. The van der Waals surface area contributed by atoms with Crippen LogP contribution >= 0.6 is 0 Å². The number of nitro benzene ring substituents is 1. The molecule has 0 bridgehead atoms. The third kappa shape index (κ3) is 4.84. The van der Waals surface area contributed by atoms with Crippen molar-refractivity contribution in [1.29, 1.82) is 5.26 Å². The fraction of sp³-hybridized carbons (Fsp3) is 0.200. The summed E-state index contributed by atoms with van der Waals surface area (Å²) in [4.78, 5) is 25.9. The zero-order valence-electron chi connectivity index (χ0n) is 17.8. The van der Waals surface area contributed by atoms with Crippen LogP contribution in [0.15, 0.2) is 66.7 Å². The number of anilines is 3. The Labute approximate surface area is 190 Å².